The predicted molar refractivity (Wildman–Crippen MR) is 80.6 cm³/mol. The van der Waals surface area contributed by atoms with E-state index < -0.39 is 0 Å². The summed E-state index contributed by atoms with van der Waals surface area (Å²) in [7, 11) is 1.65. The van der Waals surface area contributed by atoms with E-state index in [1.54, 1.807) is 7.11 Å². The van der Waals surface area contributed by atoms with E-state index in [0.29, 0.717) is 11.0 Å². The Labute approximate surface area is 119 Å². The molecule has 1 fully saturated rings. The van der Waals surface area contributed by atoms with Crippen LogP contribution < -0.4 is 10.1 Å². The fourth-order valence-corrected chi connectivity index (χ4v) is 2.59. The first-order valence-corrected chi connectivity index (χ1v) is 6.94. The highest BCUT2D eigenvalue weighted by molar-refractivity contribution is 7.80. The van der Waals surface area contributed by atoms with Gasteiger partial charge in [-0.3, -0.25) is 0 Å². The summed E-state index contributed by atoms with van der Waals surface area (Å²) in [6.45, 7) is 2.01. The normalized spacial score (nSPS) is 19.1. The van der Waals surface area contributed by atoms with E-state index in [1.807, 2.05) is 24.3 Å². The van der Waals surface area contributed by atoms with Crippen LogP contribution in [0, 0.1) is 5.92 Å². The summed E-state index contributed by atoms with van der Waals surface area (Å²) in [4.78, 5) is 2.12. The zero-order valence-electron chi connectivity index (χ0n) is 11.1. The summed E-state index contributed by atoms with van der Waals surface area (Å²) in [5.74, 6) is 1.14. The zero-order chi connectivity index (χ0) is 13.7. The Bertz CT molecular complexity index is 439. The van der Waals surface area contributed by atoms with E-state index in [2.05, 4.69) is 10.2 Å². The smallest absolute Gasteiger partial charge is 0.173 e. The molecule has 0 aliphatic carbocycles. The van der Waals surface area contributed by atoms with Gasteiger partial charge in [0.1, 0.15) is 5.75 Å². The Hall–Kier alpha value is -1.33. The lowest BCUT2D eigenvalue weighted by molar-refractivity contribution is 0.162. The number of hydrogen-bond acceptors (Lipinski definition) is 3. The highest BCUT2D eigenvalue weighted by atomic mass is 32.1. The molecule has 4 nitrogen and oxygen atoms in total. The van der Waals surface area contributed by atoms with Crippen LogP contribution in [0.4, 0.5) is 5.69 Å². The minimum atomic E-state index is 0.234. The fraction of sp³-hybridized carbons (Fsp3) is 0.500. The molecule has 0 unspecified atom stereocenters. The third-order valence-corrected chi connectivity index (χ3v) is 3.75. The number of piperidine rings is 1. The van der Waals surface area contributed by atoms with Gasteiger partial charge < -0.3 is 20.1 Å². The lowest BCUT2D eigenvalue weighted by atomic mass is 9.99. The van der Waals surface area contributed by atoms with Gasteiger partial charge in [-0.15, -0.1) is 0 Å². The van der Waals surface area contributed by atoms with E-state index in [1.165, 1.54) is 0 Å². The Morgan fingerprint density at radius 1 is 1.58 bits per heavy atom. The average molecular weight is 280 g/mol. The molecule has 1 heterocycles. The highest BCUT2D eigenvalue weighted by Crippen LogP contribution is 2.20. The van der Waals surface area contributed by atoms with Gasteiger partial charge in [-0.1, -0.05) is 6.07 Å². The molecule has 1 saturated heterocycles. The average Bonchev–Trinajstić information content (AvgIpc) is 2.47. The number of aliphatic hydroxyl groups excluding tert-OH is 1. The maximum absolute atomic E-state index is 9.24. The van der Waals surface area contributed by atoms with Gasteiger partial charge in [-0.2, -0.15) is 0 Å². The van der Waals surface area contributed by atoms with Gasteiger partial charge in [0.05, 0.1) is 7.11 Å². The van der Waals surface area contributed by atoms with Crippen LogP contribution in [0.2, 0.25) is 0 Å². The van der Waals surface area contributed by atoms with E-state index in [4.69, 9.17) is 17.0 Å². The first-order valence-electron chi connectivity index (χ1n) is 6.53. The van der Waals surface area contributed by atoms with Crippen LogP contribution in [0.15, 0.2) is 24.3 Å². The van der Waals surface area contributed by atoms with Gasteiger partial charge in [0.2, 0.25) is 0 Å². The molecule has 1 aromatic carbocycles. The summed E-state index contributed by atoms with van der Waals surface area (Å²) < 4.78 is 5.19. The highest BCUT2D eigenvalue weighted by Gasteiger charge is 2.21. The Morgan fingerprint density at radius 2 is 2.42 bits per heavy atom. The second-order valence-corrected chi connectivity index (χ2v) is 5.19. The van der Waals surface area contributed by atoms with Crippen LogP contribution in [0.25, 0.3) is 0 Å². The Morgan fingerprint density at radius 3 is 3.16 bits per heavy atom. The molecule has 0 bridgehead atoms. The second kappa shape index (κ2) is 6.73. The number of methoxy groups -OCH3 is 1. The van der Waals surface area contributed by atoms with Gasteiger partial charge in [-0.05, 0) is 43.1 Å². The van der Waals surface area contributed by atoms with E-state index in [-0.39, 0.29) is 6.61 Å². The molecule has 0 spiro atoms. The predicted octanol–water partition coefficient (Wildman–Crippen LogP) is 2.10. The number of thiocarbonyl (C=S) groups is 1. The van der Waals surface area contributed by atoms with Crippen molar-refractivity contribution in [1.29, 1.82) is 0 Å². The summed E-state index contributed by atoms with van der Waals surface area (Å²) in [6, 6.07) is 7.70. The minimum Gasteiger partial charge on any atom is -0.497 e. The number of hydrogen-bond donors (Lipinski definition) is 2. The van der Waals surface area contributed by atoms with Gasteiger partial charge in [-0.25, -0.2) is 0 Å². The van der Waals surface area contributed by atoms with Gasteiger partial charge >= 0.3 is 0 Å². The van der Waals surface area contributed by atoms with Crippen LogP contribution in [0.5, 0.6) is 5.75 Å². The molecule has 1 atom stereocenters. The van der Waals surface area contributed by atoms with Crippen molar-refractivity contribution in [3.8, 4) is 5.75 Å². The van der Waals surface area contributed by atoms with Crippen LogP contribution in [0.3, 0.4) is 0 Å². The number of rotatable bonds is 3. The van der Waals surface area contributed by atoms with Crippen molar-refractivity contribution in [1.82, 2.24) is 4.90 Å². The molecule has 0 amide bonds. The molecule has 2 rings (SSSR count). The van der Waals surface area contributed by atoms with Crippen LogP contribution in [-0.2, 0) is 0 Å². The topological polar surface area (TPSA) is 44.7 Å². The molecule has 104 valence electrons. The number of nitrogens with zero attached hydrogens (tertiary/aromatic N) is 1. The Balaban J connectivity index is 1.96. The van der Waals surface area contributed by atoms with Crippen molar-refractivity contribution in [3.63, 3.8) is 0 Å². The number of likely N-dealkylation sites (tertiary alicyclic amines) is 1. The fourth-order valence-electron chi connectivity index (χ4n) is 2.30. The third-order valence-electron chi connectivity index (χ3n) is 3.39. The number of ether oxygens (including phenoxy) is 1. The van der Waals surface area contributed by atoms with Gasteiger partial charge in [0, 0.05) is 31.5 Å². The SMILES string of the molecule is COc1cccc(NC(=S)N2CCC[C@@H](CO)C2)c1. The van der Waals surface area contributed by atoms with Crippen molar-refractivity contribution < 1.29 is 9.84 Å². The summed E-state index contributed by atoms with van der Waals surface area (Å²) in [6.07, 6.45) is 2.15. The molecule has 1 aliphatic heterocycles. The zero-order valence-corrected chi connectivity index (χ0v) is 11.9. The molecular weight excluding hydrogens is 260 g/mol. The Kier molecular flexibility index (Phi) is 4.99. The van der Waals surface area contributed by atoms with Crippen LogP contribution >= 0.6 is 12.2 Å². The van der Waals surface area contributed by atoms with Crippen molar-refractivity contribution in [3.05, 3.63) is 24.3 Å². The molecule has 0 radical (unpaired) electrons. The summed E-state index contributed by atoms with van der Waals surface area (Å²) in [5.41, 5.74) is 0.926. The molecule has 19 heavy (non-hydrogen) atoms. The summed E-state index contributed by atoms with van der Waals surface area (Å²) >= 11 is 5.43. The number of anilines is 1. The maximum atomic E-state index is 9.24. The number of nitrogens with one attached hydrogen (secondary N) is 1. The van der Waals surface area contributed by atoms with Crippen molar-refractivity contribution >= 4 is 23.0 Å². The van der Waals surface area contributed by atoms with E-state index >= 15 is 0 Å². The molecule has 1 aliphatic rings. The molecule has 5 heteroatoms. The quantitative estimate of drug-likeness (QED) is 0.830. The molecule has 0 saturated carbocycles. The van der Waals surface area contributed by atoms with Crippen molar-refractivity contribution in [2.24, 2.45) is 5.92 Å². The number of aliphatic hydroxyl groups is 1. The molecule has 0 aromatic heterocycles. The second-order valence-electron chi connectivity index (χ2n) is 4.80. The van der Waals surface area contributed by atoms with Gasteiger partial charge in [0.15, 0.2) is 5.11 Å². The molecule has 1 aromatic rings. The number of benzene rings is 1. The van der Waals surface area contributed by atoms with E-state index in [0.717, 1.165) is 37.4 Å². The van der Waals surface area contributed by atoms with Crippen LogP contribution in [-0.4, -0.2) is 41.9 Å². The lowest BCUT2D eigenvalue weighted by Crippen LogP contribution is -2.43. The third kappa shape index (κ3) is 3.81. The van der Waals surface area contributed by atoms with E-state index in [9.17, 15) is 5.11 Å². The largest absolute Gasteiger partial charge is 0.497 e. The first kappa shape index (κ1) is 14.1. The maximum Gasteiger partial charge on any atom is 0.173 e. The van der Waals surface area contributed by atoms with Crippen molar-refractivity contribution in [2.75, 3.05) is 32.1 Å². The van der Waals surface area contributed by atoms with Crippen molar-refractivity contribution in [2.45, 2.75) is 12.8 Å². The lowest BCUT2D eigenvalue weighted by Gasteiger charge is -2.33. The van der Waals surface area contributed by atoms with Gasteiger partial charge in [0.25, 0.3) is 0 Å². The standard InChI is InChI=1S/C14H20N2O2S/c1-18-13-6-2-5-12(8-13)15-14(19)16-7-3-4-11(9-16)10-17/h2,5-6,8,11,17H,3-4,7,9-10H2,1H3,(H,15,19)/t11-/m1/s1. The molecule has 2 N–H and O–H groups in total. The summed E-state index contributed by atoms with van der Waals surface area (Å²) in [5, 5.41) is 13.2. The molecular formula is C14H20N2O2S. The van der Waals surface area contributed by atoms with Crippen LogP contribution in [0.1, 0.15) is 12.8 Å². The minimum absolute atomic E-state index is 0.234. The monoisotopic (exact) mass is 280 g/mol. The first-order chi connectivity index (χ1) is 9.22.